The van der Waals surface area contributed by atoms with Crippen LogP contribution in [0.25, 0.3) is 0 Å². The lowest BCUT2D eigenvalue weighted by Gasteiger charge is -2.15. The van der Waals surface area contributed by atoms with Crippen LogP contribution in [0.2, 0.25) is 0 Å². The van der Waals surface area contributed by atoms with Crippen molar-refractivity contribution in [2.45, 2.75) is 11.5 Å². The lowest BCUT2D eigenvalue weighted by Crippen LogP contribution is -2.36. The second-order valence-corrected chi connectivity index (χ2v) is 7.60. The van der Waals surface area contributed by atoms with E-state index in [-0.39, 0.29) is 43.1 Å². The molecule has 0 saturated carbocycles. The van der Waals surface area contributed by atoms with Crippen LogP contribution in [-0.2, 0) is 26.1 Å². The Morgan fingerprint density at radius 3 is 2.28 bits per heavy atom. The third-order valence-corrected chi connectivity index (χ3v) is 5.31. The standard InChI is InChI=1S/C18H22N4O9S/c1-28-7-8-31-10-11-5-4-6-12(16(23)24)15(11)32(26,27)22-18(25)21-17-19-13(29-2)9-14(20-17)30-3/h4-6,9H,7-8,10H2,1-3H3,(H,23,24)(H2,19,20,21,22,25). The molecule has 0 unspecified atom stereocenters. The zero-order chi connectivity index (χ0) is 23.7. The van der Waals surface area contributed by atoms with E-state index in [4.69, 9.17) is 18.9 Å². The van der Waals surface area contributed by atoms with Gasteiger partial charge in [0.15, 0.2) is 0 Å². The van der Waals surface area contributed by atoms with Gasteiger partial charge >= 0.3 is 12.0 Å². The Balaban J connectivity index is 2.30. The van der Waals surface area contributed by atoms with Crippen molar-refractivity contribution >= 4 is 28.0 Å². The van der Waals surface area contributed by atoms with Crippen LogP contribution < -0.4 is 19.5 Å². The number of aromatic nitrogens is 2. The highest BCUT2D eigenvalue weighted by Gasteiger charge is 2.28. The molecule has 14 heteroatoms. The van der Waals surface area contributed by atoms with Crippen molar-refractivity contribution < 1.29 is 42.1 Å². The van der Waals surface area contributed by atoms with Crippen LogP contribution in [0.4, 0.5) is 10.7 Å². The first-order valence-electron chi connectivity index (χ1n) is 8.94. The Labute approximate surface area is 183 Å². The molecule has 2 rings (SSSR count). The molecule has 0 bridgehead atoms. The third kappa shape index (κ3) is 6.50. The molecule has 2 aromatic rings. The van der Waals surface area contributed by atoms with E-state index >= 15 is 0 Å². The fourth-order valence-corrected chi connectivity index (χ4v) is 3.79. The van der Waals surface area contributed by atoms with Crippen LogP contribution in [0.1, 0.15) is 15.9 Å². The minimum absolute atomic E-state index is 0.0422. The lowest BCUT2D eigenvalue weighted by molar-refractivity contribution is 0.0602. The van der Waals surface area contributed by atoms with Gasteiger partial charge in [0.1, 0.15) is 4.90 Å². The summed E-state index contributed by atoms with van der Waals surface area (Å²) in [5, 5.41) is 11.6. The van der Waals surface area contributed by atoms with Crippen molar-refractivity contribution in [1.29, 1.82) is 0 Å². The Hall–Kier alpha value is -3.49. The highest BCUT2D eigenvalue weighted by Crippen LogP contribution is 2.23. The number of nitrogens with one attached hydrogen (secondary N) is 2. The highest BCUT2D eigenvalue weighted by atomic mass is 32.2. The van der Waals surface area contributed by atoms with Gasteiger partial charge in [-0.15, -0.1) is 0 Å². The lowest BCUT2D eigenvalue weighted by atomic mass is 10.1. The Morgan fingerprint density at radius 2 is 1.72 bits per heavy atom. The summed E-state index contributed by atoms with van der Waals surface area (Å²) < 4.78 is 47.6. The van der Waals surface area contributed by atoms with Crippen molar-refractivity contribution in [2.75, 3.05) is 39.9 Å². The first-order valence-corrected chi connectivity index (χ1v) is 10.4. The van der Waals surface area contributed by atoms with Crippen LogP contribution in [0.3, 0.4) is 0 Å². The second kappa shape index (κ2) is 11.2. The zero-order valence-electron chi connectivity index (χ0n) is 17.4. The number of carbonyl (C=O) groups excluding carboxylic acids is 1. The molecule has 0 atom stereocenters. The molecular formula is C18H22N4O9S. The van der Waals surface area contributed by atoms with E-state index in [1.807, 2.05) is 0 Å². The number of ether oxygens (including phenoxy) is 4. The normalized spacial score (nSPS) is 11.0. The average molecular weight is 470 g/mol. The molecule has 174 valence electrons. The number of hydrogen-bond acceptors (Lipinski definition) is 10. The van der Waals surface area contributed by atoms with Crippen LogP contribution in [0.5, 0.6) is 11.8 Å². The molecule has 0 fully saturated rings. The summed E-state index contributed by atoms with van der Waals surface area (Å²) in [4.78, 5) is 31.1. The molecule has 0 saturated heterocycles. The maximum absolute atomic E-state index is 12.9. The minimum atomic E-state index is -4.63. The predicted molar refractivity (Wildman–Crippen MR) is 109 cm³/mol. The molecular weight excluding hydrogens is 448 g/mol. The molecule has 2 amide bonds. The third-order valence-electron chi connectivity index (χ3n) is 3.83. The van der Waals surface area contributed by atoms with Gasteiger partial charge in [0.2, 0.25) is 17.7 Å². The number of carboxylic acid groups (broad SMARTS) is 1. The summed E-state index contributed by atoms with van der Waals surface area (Å²) in [5.41, 5.74) is -0.488. The SMILES string of the molecule is COCCOCc1cccc(C(=O)O)c1S(=O)(=O)NC(=O)Nc1nc(OC)cc(OC)n1. The first-order chi connectivity index (χ1) is 15.2. The van der Waals surface area contributed by atoms with Crippen LogP contribution in [0, 0.1) is 0 Å². The first kappa shape index (κ1) is 24.8. The molecule has 0 aliphatic heterocycles. The average Bonchev–Trinajstić information content (AvgIpc) is 2.75. The van der Waals surface area contributed by atoms with Gasteiger partial charge in [0, 0.05) is 7.11 Å². The number of amides is 2. The van der Waals surface area contributed by atoms with Gasteiger partial charge in [-0.05, 0) is 11.6 Å². The van der Waals surface area contributed by atoms with Crippen LogP contribution in [-0.4, -0.2) is 70.0 Å². The largest absolute Gasteiger partial charge is 0.481 e. The van der Waals surface area contributed by atoms with Gasteiger partial charge in [-0.2, -0.15) is 9.97 Å². The van der Waals surface area contributed by atoms with Gasteiger partial charge < -0.3 is 24.1 Å². The summed E-state index contributed by atoms with van der Waals surface area (Å²) in [6, 6.07) is 3.96. The Morgan fingerprint density at radius 1 is 1.06 bits per heavy atom. The van der Waals surface area contributed by atoms with E-state index in [0.717, 1.165) is 6.07 Å². The maximum atomic E-state index is 12.9. The van der Waals surface area contributed by atoms with Gasteiger partial charge in [-0.25, -0.2) is 22.7 Å². The molecule has 1 aromatic carbocycles. The monoisotopic (exact) mass is 470 g/mol. The molecule has 32 heavy (non-hydrogen) atoms. The molecule has 13 nitrogen and oxygen atoms in total. The fourth-order valence-electron chi connectivity index (χ4n) is 2.48. The topological polar surface area (TPSA) is 175 Å². The summed E-state index contributed by atoms with van der Waals surface area (Å²) in [5.74, 6) is -1.68. The van der Waals surface area contributed by atoms with Crippen LogP contribution >= 0.6 is 0 Å². The quantitative estimate of drug-likeness (QED) is 0.397. The van der Waals surface area contributed by atoms with Crippen molar-refractivity contribution in [3.63, 3.8) is 0 Å². The van der Waals surface area contributed by atoms with Crippen LogP contribution in [0.15, 0.2) is 29.2 Å². The van der Waals surface area contributed by atoms with Crippen molar-refractivity contribution in [1.82, 2.24) is 14.7 Å². The number of benzene rings is 1. The molecule has 0 spiro atoms. The number of nitrogens with zero attached hydrogens (tertiary/aromatic N) is 2. The summed E-state index contributed by atoms with van der Waals surface area (Å²) in [6.07, 6.45) is 0. The number of rotatable bonds is 11. The molecule has 0 aliphatic carbocycles. The molecule has 0 aliphatic rings. The summed E-state index contributed by atoms with van der Waals surface area (Å²) >= 11 is 0. The van der Waals surface area contributed by atoms with E-state index in [2.05, 4.69) is 15.3 Å². The maximum Gasteiger partial charge on any atom is 0.337 e. The number of sulfonamides is 1. The number of carbonyl (C=O) groups is 2. The number of hydrogen-bond donors (Lipinski definition) is 3. The second-order valence-electron chi connectivity index (χ2n) is 5.98. The smallest absolute Gasteiger partial charge is 0.337 e. The van der Waals surface area contributed by atoms with Crippen molar-refractivity contribution in [3.05, 3.63) is 35.4 Å². The Kier molecular flexibility index (Phi) is 8.69. The van der Waals surface area contributed by atoms with E-state index in [1.54, 1.807) is 4.72 Å². The molecule has 1 heterocycles. The van der Waals surface area contributed by atoms with Gasteiger partial charge in [-0.3, -0.25) is 5.32 Å². The number of carboxylic acids is 1. The number of methoxy groups -OCH3 is 3. The van der Waals surface area contributed by atoms with Gasteiger partial charge in [-0.1, -0.05) is 12.1 Å². The fraction of sp³-hybridized carbons (Fsp3) is 0.333. The highest BCUT2D eigenvalue weighted by molar-refractivity contribution is 7.90. The summed E-state index contributed by atoms with van der Waals surface area (Å²) in [6.45, 7) is 0.181. The minimum Gasteiger partial charge on any atom is -0.481 e. The van der Waals surface area contributed by atoms with E-state index in [0.29, 0.717) is 0 Å². The number of anilines is 1. The Bertz CT molecular complexity index is 1050. The van der Waals surface area contributed by atoms with Gasteiger partial charge in [0.05, 0.1) is 45.7 Å². The van der Waals surface area contributed by atoms with E-state index < -0.39 is 32.5 Å². The number of aromatic carboxylic acids is 1. The van der Waals surface area contributed by atoms with E-state index in [9.17, 15) is 23.1 Å². The zero-order valence-corrected chi connectivity index (χ0v) is 18.3. The number of urea groups is 1. The van der Waals surface area contributed by atoms with Gasteiger partial charge in [0.25, 0.3) is 10.0 Å². The van der Waals surface area contributed by atoms with Crippen molar-refractivity contribution in [2.24, 2.45) is 0 Å². The van der Waals surface area contributed by atoms with Crippen molar-refractivity contribution in [3.8, 4) is 11.8 Å². The summed E-state index contributed by atoms with van der Waals surface area (Å²) in [7, 11) is -0.508. The predicted octanol–water partition coefficient (Wildman–Crippen LogP) is 0.865. The molecule has 3 N–H and O–H groups in total. The molecule has 0 radical (unpaired) electrons. The van der Waals surface area contributed by atoms with E-state index in [1.165, 1.54) is 39.5 Å². The molecule has 1 aromatic heterocycles.